The Morgan fingerprint density at radius 1 is 1.22 bits per heavy atom. The Hall–Kier alpha value is -1.84. The Morgan fingerprint density at radius 3 is 2.33 bits per heavy atom. The second-order valence-corrected chi connectivity index (χ2v) is 4.87. The lowest BCUT2D eigenvalue weighted by Gasteiger charge is -2.17. The molecule has 0 radical (unpaired) electrons. The zero-order valence-electron chi connectivity index (χ0n) is 11.2. The van der Waals surface area contributed by atoms with Gasteiger partial charge in [0.2, 0.25) is 5.91 Å². The highest BCUT2D eigenvalue weighted by Gasteiger charge is 2.29. The molecule has 0 heterocycles. The van der Waals surface area contributed by atoms with Crippen LogP contribution in [0, 0.1) is 25.7 Å². The van der Waals surface area contributed by atoms with Crippen LogP contribution in [0.4, 0.5) is 5.69 Å². The predicted octanol–water partition coefficient (Wildman–Crippen LogP) is 2.60. The number of carboxylic acid groups (broad SMARTS) is 1. The van der Waals surface area contributed by atoms with Gasteiger partial charge in [-0.15, -0.1) is 0 Å². The molecular weight excluding hydrogens is 230 g/mol. The zero-order chi connectivity index (χ0) is 13.9. The van der Waals surface area contributed by atoms with E-state index in [1.165, 1.54) is 0 Å². The first kappa shape index (κ1) is 14.2. The van der Waals surface area contributed by atoms with Gasteiger partial charge in [-0.1, -0.05) is 26.0 Å². The second kappa shape index (κ2) is 5.67. The van der Waals surface area contributed by atoms with Gasteiger partial charge in [-0.3, -0.25) is 9.59 Å². The van der Waals surface area contributed by atoms with Crippen LogP contribution >= 0.6 is 0 Å². The lowest BCUT2D eigenvalue weighted by molar-refractivity contribution is -0.147. The third-order valence-corrected chi connectivity index (χ3v) is 2.87. The SMILES string of the molecule is Cc1ccc(C)c(NC(=O)C(C(=O)O)C(C)C)c1. The Labute approximate surface area is 107 Å². The number of hydrogen-bond acceptors (Lipinski definition) is 2. The number of rotatable bonds is 4. The largest absolute Gasteiger partial charge is 0.481 e. The number of carbonyl (C=O) groups excluding carboxylic acids is 1. The van der Waals surface area contributed by atoms with Gasteiger partial charge in [0.25, 0.3) is 0 Å². The summed E-state index contributed by atoms with van der Waals surface area (Å²) in [4.78, 5) is 23.0. The van der Waals surface area contributed by atoms with Crippen LogP contribution in [0.3, 0.4) is 0 Å². The number of nitrogens with one attached hydrogen (secondary N) is 1. The molecule has 98 valence electrons. The van der Waals surface area contributed by atoms with E-state index in [9.17, 15) is 9.59 Å². The Bertz CT molecular complexity index is 466. The van der Waals surface area contributed by atoms with Crippen molar-refractivity contribution in [2.75, 3.05) is 5.32 Å². The average molecular weight is 249 g/mol. The lowest BCUT2D eigenvalue weighted by Crippen LogP contribution is -2.33. The van der Waals surface area contributed by atoms with Crippen LogP contribution in [0.2, 0.25) is 0 Å². The van der Waals surface area contributed by atoms with Crippen LogP contribution in [0.5, 0.6) is 0 Å². The van der Waals surface area contributed by atoms with E-state index in [0.29, 0.717) is 5.69 Å². The maximum atomic E-state index is 12.0. The molecule has 1 unspecified atom stereocenters. The molecule has 0 fully saturated rings. The Morgan fingerprint density at radius 2 is 1.83 bits per heavy atom. The van der Waals surface area contributed by atoms with Gasteiger partial charge < -0.3 is 10.4 Å². The fraction of sp³-hybridized carbons (Fsp3) is 0.429. The molecule has 0 spiro atoms. The van der Waals surface area contributed by atoms with Crippen LogP contribution in [0.15, 0.2) is 18.2 Å². The van der Waals surface area contributed by atoms with E-state index >= 15 is 0 Å². The summed E-state index contributed by atoms with van der Waals surface area (Å²) in [6.07, 6.45) is 0. The van der Waals surface area contributed by atoms with Gasteiger partial charge >= 0.3 is 5.97 Å². The molecule has 0 aliphatic rings. The Balaban J connectivity index is 2.92. The topological polar surface area (TPSA) is 66.4 Å². The lowest BCUT2D eigenvalue weighted by atomic mass is 9.95. The minimum atomic E-state index is -1.09. The normalized spacial score (nSPS) is 12.3. The van der Waals surface area contributed by atoms with Gasteiger partial charge in [0, 0.05) is 5.69 Å². The first-order valence-electron chi connectivity index (χ1n) is 5.94. The van der Waals surface area contributed by atoms with E-state index < -0.39 is 17.8 Å². The highest BCUT2D eigenvalue weighted by Crippen LogP contribution is 2.19. The number of aryl methyl sites for hydroxylation is 2. The highest BCUT2D eigenvalue weighted by atomic mass is 16.4. The molecule has 1 atom stereocenters. The molecule has 18 heavy (non-hydrogen) atoms. The smallest absolute Gasteiger partial charge is 0.316 e. The minimum absolute atomic E-state index is 0.243. The summed E-state index contributed by atoms with van der Waals surface area (Å²) in [6, 6.07) is 5.69. The van der Waals surface area contributed by atoms with Crippen molar-refractivity contribution in [3.8, 4) is 0 Å². The molecule has 0 aliphatic heterocycles. The number of hydrogen-bond donors (Lipinski definition) is 2. The number of carbonyl (C=O) groups is 2. The van der Waals surface area contributed by atoms with Crippen molar-refractivity contribution in [2.45, 2.75) is 27.7 Å². The quantitative estimate of drug-likeness (QED) is 0.806. The molecule has 4 heteroatoms. The Kier molecular flexibility index (Phi) is 4.48. The van der Waals surface area contributed by atoms with Crippen molar-refractivity contribution >= 4 is 17.6 Å². The minimum Gasteiger partial charge on any atom is -0.481 e. The fourth-order valence-corrected chi connectivity index (χ4v) is 1.78. The van der Waals surface area contributed by atoms with Crippen LogP contribution in [0.1, 0.15) is 25.0 Å². The summed E-state index contributed by atoms with van der Waals surface area (Å²) in [6.45, 7) is 7.25. The molecule has 4 nitrogen and oxygen atoms in total. The third-order valence-electron chi connectivity index (χ3n) is 2.87. The first-order valence-corrected chi connectivity index (χ1v) is 5.94. The maximum absolute atomic E-state index is 12.0. The summed E-state index contributed by atoms with van der Waals surface area (Å²) in [5, 5.41) is 11.7. The van der Waals surface area contributed by atoms with Gasteiger partial charge in [-0.2, -0.15) is 0 Å². The number of anilines is 1. The zero-order valence-corrected chi connectivity index (χ0v) is 11.2. The van der Waals surface area contributed by atoms with Crippen molar-refractivity contribution in [3.63, 3.8) is 0 Å². The molecule has 2 N–H and O–H groups in total. The molecule has 1 aromatic rings. The first-order chi connectivity index (χ1) is 8.32. The van der Waals surface area contributed by atoms with Crippen LogP contribution in [-0.2, 0) is 9.59 Å². The number of carboxylic acids is 1. The van der Waals surface area contributed by atoms with Gasteiger partial charge in [-0.25, -0.2) is 0 Å². The van der Waals surface area contributed by atoms with Crippen molar-refractivity contribution in [1.29, 1.82) is 0 Å². The summed E-state index contributed by atoms with van der Waals surface area (Å²) in [5.74, 6) is -2.82. The predicted molar refractivity (Wildman–Crippen MR) is 70.5 cm³/mol. The summed E-state index contributed by atoms with van der Waals surface area (Å²) < 4.78 is 0. The summed E-state index contributed by atoms with van der Waals surface area (Å²) in [7, 11) is 0. The molecule has 1 rings (SSSR count). The fourth-order valence-electron chi connectivity index (χ4n) is 1.78. The van der Waals surface area contributed by atoms with Crippen molar-refractivity contribution in [1.82, 2.24) is 0 Å². The van der Waals surface area contributed by atoms with E-state index in [1.807, 2.05) is 32.0 Å². The molecule has 0 saturated carbocycles. The number of aliphatic carboxylic acids is 1. The van der Waals surface area contributed by atoms with Crippen molar-refractivity contribution < 1.29 is 14.7 Å². The van der Waals surface area contributed by atoms with E-state index in [-0.39, 0.29) is 5.92 Å². The van der Waals surface area contributed by atoms with Crippen LogP contribution < -0.4 is 5.32 Å². The second-order valence-electron chi connectivity index (χ2n) is 4.87. The van der Waals surface area contributed by atoms with Gasteiger partial charge in [0.15, 0.2) is 0 Å². The molecule has 0 aliphatic carbocycles. The third kappa shape index (κ3) is 3.32. The van der Waals surface area contributed by atoms with Gasteiger partial charge in [-0.05, 0) is 37.0 Å². The summed E-state index contributed by atoms with van der Waals surface area (Å²) in [5.41, 5.74) is 2.61. The molecule has 0 bridgehead atoms. The van der Waals surface area contributed by atoms with E-state index in [2.05, 4.69) is 5.32 Å². The molecule has 0 saturated heterocycles. The molecule has 1 amide bonds. The van der Waals surface area contributed by atoms with E-state index in [0.717, 1.165) is 11.1 Å². The molecule has 1 aromatic carbocycles. The van der Waals surface area contributed by atoms with Crippen molar-refractivity contribution in [2.24, 2.45) is 11.8 Å². The molecular formula is C14H19NO3. The highest BCUT2D eigenvalue weighted by molar-refractivity contribution is 6.04. The van der Waals surface area contributed by atoms with Crippen LogP contribution in [-0.4, -0.2) is 17.0 Å². The standard InChI is InChI=1S/C14H19NO3/c1-8(2)12(14(17)18)13(16)15-11-7-9(3)5-6-10(11)4/h5-8,12H,1-4H3,(H,15,16)(H,17,18). The monoisotopic (exact) mass is 249 g/mol. The average Bonchev–Trinajstić information content (AvgIpc) is 2.22. The van der Waals surface area contributed by atoms with Gasteiger partial charge in [0.05, 0.1) is 0 Å². The molecule has 0 aromatic heterocycles. The number of amides is 1. The van der Waals surface area contributed by atoms with Gasteiger partial charge in [0.1, 0.15) is 5.92 Å². The maximum Gasteiger partial charge on any atom is 0.316 e. The van der Waals surface area contributed by atoms with E-state index in [4.69, 9.17) is 5.11 Å². The van der Waals surface area contributed by atoms with Crippen LogP contribution in [0.25, 0.3) is 0 Å². The van der Waals surface area contributed by atoms with E-state index in [1.54, 1.807) is 13.8 Å². The number of benzene rings is 1. The van der Waals surface area contributed by atoms with Crippen molar-refractivity contribution in [3.05, 3.63) is 29.3 Å². The summed E-state index contributed by atoms with van der Waals surface area (Å²) >= 11 is 0.